The van der Waals surface area contributed by atoms with E-state index in [4.69, 9.17) is 5.11 Å². The second kappa shape index (κ2) is 5.89. The molecular weight excluding hydrogens is 306 g/mol. The van der Waals surface area contributed by atoms with E-state index in [1.54, 1.807) is 18.2 Å². The van der Waals surface area contributed by atoms with E-state index in [1.165, 1.54) is 5.56 Å². The lowest BCUT2D eigenvalue weighted by Crippen LogP contribution is -2.06. The van der Waals surface area contributed by atoms with Gasteiger partial charge in [0.2, 0.25) is 0 Å². The van der Waals surface area contributed by atoms with Crippen LogP contribution in [0.3, 0.4) is 0 Å². The summed E-state index contributed by atoms with van der Waals surface area (Å²) in [7, 11) is 0. The van der Waals surface area contributed by atoms with Crippen molar-refractivity contribution in [2.45, 2.75) is 13.5 Å². The van der Waals surface area contributed by atoms with Gasteiger partial charge in [-0.05, 0) is 36.2 Å². The first-order chi connectivity index (χ1) is 9.08. The van der Waals surface area contributed by atoms with Crippen LogP contribution in [0.4, 0.5) is 5.69 Å². The summed E-state index contributed by atoms with van der Waals surface area (Å²) in [6, 6.07) is 13.0. The first-order valence-electron chi connectivity index (χ1n) is 5.89. The molecule has 0 aromatic heterocycles. The van der Waals surface area contributed by atoms with E-state index in [0.29, 0.717) is 12.2 Å². The van der Waals surface area contributed by atoms with Gasteiger partial charge in [0.15, 0.2) is 0 Å². The molecule has 19 heavy (non-hydrogen) atoms. The van der Waals surface area contributed by atoms with Crippen molar-refractivity contribution in [3.05, 3.63) is 63.6 Å². The molecule has 2 N–H and O–H groups in total. The van der Waals surface area contributed by atoms with E-state index < -0.39 is 5.97 Å². The summed E-state index contributed by atoms with van der Waals surface area (Å²) in [5.74, 6) is -0.923. The zero-order valence-corrected chi connectivity index (χ0v) is 12.1. The Morgan fingerprint density at radius 2 is 2.00 bits per heavy atom. The minimum atomic E-state index is -0.923. The topological polar surface area (TPSA) is 49.3 Å². The Kier molecular flexibility index (Phi) is 4.22. The lowest BCUT2D eigenvalue weighted by molar-refractivity contribution is 0.0698. The first-order valence-corrected chi connectivity index (χ1v) is 6.68. The maximum absolute atomic E-state index is 11.1. The van der Waals surface area contributed by atoms with Gasteiger partial charge in [-0.1, -0.05) is 40.2 Å². The van der Waals surface area contributed by atoms with Crippen LogP contribution in [0.25, 0.3) is 0 Å². The van der Waals surface area contributed by atoms with Crippen LogP contribution in [0.2, 0.25) is 0 Å². The number of halogens is 1. The highest BCUT2D eigenvalue weighted by Crippen LogP contribution is 2.20. The maximum atomic E-state index is 11.1. The molecule has 0 aliphatic heterocycles. The number of aryl methyl sites for hydroxylation is 1. The third kappa shape index (κ3) is 3.35. The lowest BCUT2D eigenvalue weighted by Gasteiger charge is -2.10. The van der Waals surface area contributed by atoms with Gasteiger partial charge in [0.1, 0.15) is 0 Å². The smallest absolute Gasteiger partial charge is 0.337 e. The SMILES string of the molecule is Cc1ccc(CNc2ccccc2C(=O)O)cc1Br. The number of hydrogen-bond donors (Lipinski definition) is 2. The number of para-hydroxylation sites is 1. The minimum absolute atomic E-state index is 0.286. The first kappa shape index (κ1) is 13.6. The molecule has 4 heteroatoms. The zero-order chi connectivity index (χ0) is 13.8. The van der Waals surface area contributed by atoms with E-state index in [1.807, 2.05) is 31.2 Å². The second-order valence-corrected chi connectivity index (χ2v) is 5.14. The van der Waals surface area contributed by atoms with Gasteiger partial charge in [0.25, 0.3) is 0 Å². The summed E-state index contributed by atoms with van der Waals surface area (Å²) >= 11 is 3.49. The van der Waals surface area contributed by atoms with Crippen LogP contribution >= 0.6 is 15.9 Å². The van der Waals surface area contributed by atoms with Crippen molar-refractivity contribution in [2.75, 3.05) is 5.32 Å². The number of carboxylic acid groups (broad SMARTS) is 1. The van der Waals surface area contributed by atoms with Crippen LogP contribution in [0, 0.1) is 6.92 Å². The van der Waals surface area contributed by atoms with Crippen molar-refractivity contribution in [2.24, 2.45) is 0 Å². The van der Waals surface area contributed by atoms with Crippen LogP contribution < -0.4 is 5.32 Å². The summed E-state index contributed by atoms with van der Waals surface area (Å²) in [6.07, 6.45) is 0. The van der Waals surface area contributed by atoms with Crippen LogP contribution in [0.5, 0.6) is 0 Å². The molecule has 0 fully saturated rings. The molecule has 0 radical (unpaired) electrons. The van der Waals surface area contributed by atoms with E-state index >= 15 is 0 Å². The van der Waals surface area contributed by atoms with Crippen molar-refractivity contribution in [3.63, 3.8) is 0 Å². The van der Waals surface area contributed by atoms with Crippen molar-refractivity contribution in [1.29, 1.82) is 0 Å². The van der Waals surface area contributed by atoms with Crippen molar-refractivity contribution in [1.82, 2.24) is 0 Å². The third-order valence-electron chi connectivity index (χ3n) is 2.88. The molecule has 2 aromatic carbocycles. The molecule has 0 saturated carbocycles. The monoisotopic (exact) mass is 319 g/mol. The largest absolute Gasteiger partial charge is 0.478 e. The van der Waals surface area contributed by atoms with E-state index in [2.05, 4.69) is 21.2 Å². The van der Waals surface area contributed by atoms with Gasteiger partial charge in [-0.25, -0.2) is 4.79 Å². The molecule has 0 amide bonds. The molecule has 0 bridgehead atoms. The fraction of sp³-hybridized carbons (Fsp3) is 0.133. The molecule has 98 valence electrons. The Bertz CT molecular complexity index is 611. The van der Waals surface area contributed by atoms with E-state index in [9.17, 15) is 4.79 Å². The predicted molar refractivity (Wildman–Crippen MR) is 79.6 cm³/mol. The van der Waals surface area contributed by atoms with Gasteiger partial charge < -0.3 is 10.4 Å². The minimum Gasteiger partial charge on any atom is -0.478 e. The number of aromatic carboxylic acids is 1. The number of benzene rings is 2. The summed E-state index contributed by atoms with van der Waals surface area (Å²) < 4.78 is 1.05. The number of carbonyl (C=O) groups is 1. The average molecular weight is 320 g/mol. The summed E-state index contributed by atoms with van der Waals surface area (Å²) in [4.78, 5) is 11.1. The Morgan fingerprint density at radius 1 is 1.26 bits per heavy atom. The Labute approximate surface area is 120 Å². The maximum Gasteiger partial charge on any atom is 0.337 e. The molecule has 0 saturated heterocycles. The van der Waals surface area contributed by atoms with Gasteiger partial charge in [-0.15, -0.1) is 0 Å². The fourth-order valence-electron chi connectivity index (χ4n) is 1.77. The molecule has 0 aliphatic carbocycles. The lowest BCUT2D eigenvalue weighted by atomic mass is 10.1. The summed E-state index contributed by atoms with van der Waals surface area (Å²) in [5.41, 5.74) is 3.19. The van der Waals surface area contributed by atoms with Gasteiger partial charge in [0, 0.05) is 16.7 Å². The molecule has 0 spiro atoms. The van der Waals surface area contributed by atoms with Gasteiger partial charge >= 0.3 is 5.97 Å². The highest BCUT2D eigenvalue weighted by atomic mass is 79.9. The predicted octanol–water partition coefficient (Wildman–Crippen LogP) is 4.07. The van der Waals surface area contributed by atoms with Crippen LogP contribution in [-0.4, -0.2) is 11.1 Å². The molecule has 2 aromatic rings. The number of anilines is 1. The number of hydrogen-bond acceptors (Lipinski definition) is 2. The quantitative estimate of drug-likeness (QED) is 0.893. The number of carboxylic acids is 1. The van der Waals surface area contributed by atoms with Crippen molar-refractivity contribution in [3.8, 4) is 0 Å². The average Bonchev–Trinajstić information content (AvgIpc) is 2.40. The Morgan fingerprint density at radius 3 is 2.68 bits per heavy atom. The van der Waals surface area contributed by atoms with Crippen molar-refractivity contribution < 1.29 is 9.90 Å². The fourth-order valence-corrected chi connectivity index (χ4v) is 2.19. The summed E-state index contributed by atoms with van der Waals surface area (Å²) in [6.45, 7) is 2.62. The Balaban J connectivity index is 2.14. The summed E-state index contributed by atoms with van der Waals surface area (Å²) in [5, 5.41) is 12.3. The molecule has 0 aliphatic rings. The van der Waals surface area contributed by atoms with Crippen molar-refractivity contribution >= 4 is 27.6 Å². The molecule has 3 nitrogen and oxygen atoms in total. The normalized spacial score (nSPS) is 10.2. The van der Waals surface area contributed by atoms with E-state index in [-0.39, 0.29) is 5.56 Å². The van der Waals surface area contributed by atoms with Crippen LogP contribution in [-0.2, 0) is 6.54 Å². The molecular formula is C15H14BrNO2. The Hall–Kier alpha value is -1.81. The highest BCUT2D eigenvalue weighted by molar-refractivity contribution is 9.10. The van der Waals surface area contributed by atoms with Gasteiger partial charge in [-0.2, -0.15) is 0 Å². The molecule has 2 rings (SSSR count). The standard InChI is InChI=1S/C15H14BrNO2/c1-10-6-7-11(8-13(10)16)9-17-14-5-3-2-4-12(14)15(18)19/h2-8,17H,9H2,1H3,(H,18,19). The molecule has 0 heterocycles. The van der Waals surface area contributed by atoms with Crippen LogP contribution in [0.15, 0.2) is 46.9 Å². The molecule has 0 unspecified atom stereocenters. The highest BCUT2D eigenvalue weighted by Gasteiger charge is 2.08. The van der Waals surface area contributed by atoms with Crippen LogP contribution in [0.1, 0.15) is 21.5 Å². The third-order valence-corrected chi connectivity index (χ3v) is 3.73. The van der Waals surface area contributed by atoms with Gasteiger partial charge in [-0.3, -0.25) is 0 Å². The number of nitrogens with one attached hydrogen (secondary N) is 1. The number of rotatable bonds is 4. The van der Waals surface area contributed by atoms with E-state index in [0.717, 1.165) is 10.0 Å². The second-order valence-electron chi connectivity index (χ2n) is 4.29. The molecule has 0 atom stereocenters. The van der Waals surface area contributed by atoms with Gasteiger partial charge in [0.05, 0.1) is 5.56 Å². The zero-order valence-electron chi connectivity index (χ0n) is 10.5.